The number of nitrogens with one attached hydrogen (secondary N) is 3. The van der Waals surface area contributed by atoms with E-state index < -0.39 is 54.2 Å². The summed E-state index contributed by atoms with van der Waals surface area (Å²) < 4.78 is 52.4. The largest absolute Gasteiger partial charge is 0.490 e. The van der Waals surface area contributed by atoms with Crippen LogP contribution in [0.2, 0.25) is 0 Å². The highest BCUT2D eigenvalue weighted by Gasteiger charge is 2.43. The second kappa shape index (κ2) is 16.1. The Bertz CT molecular complexity index is 1490. The number of rotatable bonds is 17. The van der Waals surface area contributed by atoms with E-state index in [9.17, 15) is 43.0 Å². The molecule has 260 valence electrons. The van der Waals surface area contributed by atoms with Crippen molar-refractivity contribution < 1.29 is 65.8 Å². The molecule has 46 heavy (non-hydrogen) atoms. The van der Waals surface area contributed by atoms with Crippen LogP contribution in [-0.4, -0.2) is 83.6 Å². The molecule has 7 atom stereocenters. The van der Waals surface area contributed by atoms with E-state index in [1.54, 1.807) is 6.08 Å². The van der Waals surface area contributed by atoms with Gasteiger partial charge in [-0.25, -0.2) is 23.3 Å². The molecule has 3 heterocycles. The van der Waals surface area contributed by atoms with Crippen molar-refractivity contribution in [1.29, 1.82) is 0 Å². The van der Waals surface area contributed by atoms with Crippen LogP contribution >= 0.6 is 23.5 Å². The molecule has 1 aromatic heterocycles. The fraction of sp³-hybridized carbons (Fsp3) is 0.636. The summed E-state index contributed by atoms with van der Waals surface area (Å²) in [7, 11) is -16.8. The lowest BCUT2D eigenvalue weighted by Gasteiger charge is -2.19. The molecule has 3 rings (SSSR count). The number of phosphoric acid groups is 3. The van der Waals surface area contributed by atoms with Gasteiger partial charge in [-0.15, -0.1) is 0 Å². The smallest absolute Gasteiger partial charge is 0.390 e. The standard InChI is InChI=1S/C22H37N6O15P3/c1-13-15(26-21(31)25-13)7-3-2-4-8-18(30)24-9-5-6-14-11-28(22(32)27-20(14)23)19-10-16(29)17(41-19)12-40-45(36,37)43-46(38,39)42-44(33,34)35/h5-6,11,13,15-17,19,29H,2-4,7-10,12H2,1H3,(H,24,30)(H,36,37)(H,38,39)(H2,23,27,32)(H2,25,26,31)(H2,33,34,35)/b6-5+. The third kappa shape index (κ3) is 12.3. The van der Waals surface area contributed by atoms with Crippen molar-refractivity contribution in [3.8, 4) is 0 Å². The van der Waals surface area contributed by atoms with E-state index in [-0.39, 0.29) is 48.4 Å². The van der Waals surface area contributed by atoms with Gasteiger partial charge in [-0.05, 0) is 19.8 Å². The van der Waals surface area contributed by atoms with E-state index in [0.717, 1.165) is 23.8 Å². The first-order chi connectivity index (χ1) is 21.3. The molecule has 2 fully saturated rings. The quantitative estimate of drug-likeness (QED) is 0.0754. The number of hydrogen-bond acceptors (Lipinski definition) is 13. The van der Waals surface area contributed by atoms with Crippen LogP contribution in [-0.2, 0) is 36.4 Å². The molecule has 0 aliphatic carbocycles. The number of nitrogen functional groups attached to an aromatic ring is 1. The molecule has 2 aliphatic rings. The Hall–Kier alpha value is -2.51. The number of hydrogen-bond donors (Lipinski definition) is 9. The Kier molecular flexibility index (Phi) is 13.2. The number of anilines is 1. The summed E-state index contributed by atoms with van der Waals surface area (Å²) >= 11 is 0. The summed E-state index contributed by atoms with van der Waals surface area (Å²) in [6.45, 7) is 1.16. The Morgan fingerprint density at radius 2 is 1.87 bits per heavy atom. The van der Waals surface area contributed by atoms with Gasteiger partial charge in [0.25, 0.3) is 0 Å². The van der Waals surface area contributed by atoms with Gasteiger partial charge in [-0.3, -0.25) is 13.9 Å². The topological polar surface area (TPSA) is 320 Å². The summed E-state index contributed by atoms with van der Waals surface area (Å²) in [5, 5.41) is 18.7. The molecule has 3 amide bonds. The van der Waals surface area contributed by atoms with E-state index >= 15 is 0 Å². The second-order valence-electron chi connectivity index (χ2n) is 10.4. The van der Waals surface area contributed by atoms with Gasteiger partial charge in [0.1, 0.15) is 18.1 Å². The molecule has 1 aromatic rings. The first-order valence-electron chi connectivity index (χ1n) is 13.8. The first kappa shape index (κ1) is 37.9. The lowest BCUT2D eigenvalue weighted by molar-refractivity contribution is -0.121. The number of phosphoric ester groups is 1. The van der Waals surface area contributed by atoms with Crippen molar-refractivity contribution in [1.82, 2.24) is 25.5 Å². The number of carbonyl (C=O) groups is 2. The summed E-state index contributed by atoms with van der Waals surface area (Å²) in [5.74, 6) is -0.296. The Morgan fingerprint density at radius 3 is 2.52 bits per heavy atom. The van der Waals surface area contributed by atoms with Gasteiger partial charge in [0.2, 0.25) is 5.91 Å². The van der Waals surface area contributed by atoms with Crippen molar-refractivity contribution in [2.45, 2.75) is 76.0 Å². The van der Waals surface area contributed by atoms with Crippen LogP contribution in [0, 0.1) is 0 Å². The Balaban J connectivity index is 1.46. The van der Waals surface area contributed by atoms with Crippen molar-refractivity contribution >= 4 is 47.3 Å². The summed E-state index contributed by atoms with van der Waals surface area (Å²) in [4.78, 5) is 75.7. The number of ether oxygens (including phenoxy) is 1. The molecule has 0 bridgehead atoms. The number of aliphatic hydroxyl groups excluding tert-OH is 1. The average Bonchev–Trinajstić information content (AvgIpc) is 3.43. The van der Waals surface area contributed by atoms with Crippen molar-refractivity contribution in [3.05, 3.63) is 28.3 Å². The van der Waals surface area contributed by atoms with Gasteiger partial charge in [0.05, 0.1) is 18.8 Å². The maximum absolute atomic E-state index is 12.5. The monoisotopic (exact) mass is 718 g/mol. The van der Waals surface area contributed by atoms with E-state index in [0.29, 0.717) is 12.8 Å². The van der Waals surface area contributed by atoms with Crippen LogP contribution in [0.4, 0.5) is 10.6 Å². The molecule has 24 heteroatoms. The second-order valence-corrected chi connectivity index (χ2v) is 14.8. The highest BCUT2D eigenvalue weighted by atomic mass is 31.3. The van der Waals surface area contributed by atoms with Crippen molar-refractivity contribution in [3.63, 3.8) is 0 Å². The van der Waals surface area contributed by atoms with E-state index in [1.165, 1.54) is 12.3 Å². The molecule has 0 aromatic carbocycles. The number of carbonyl (C=O) groups excluding carboxylic acids is 2. The fourth-order valence-corrected chi connectivity index (χ4v) is 7.61. The fourth-order valence-electron chi connectivity index (χ4n) is 4.58. The third-order valence-corrected chi connectivity index (χ3v) is 10.6. The van der Waals surface area contributed by atoms with Crippen LogP contribution in [0.25, 0.3) is 6.08 Å². The van der Waals surface area contributed by atoms with Crippen LogP contribution < -0.4 is 27.4 Å². The highest BCUT2D eigenvalue weighted by molar-refractivity contribution is 7.66. The molecule has 0 spiro atoms. The van der Waals surface area contributed by atoms with Crippen molar-refractivity contribution in [2.75, 3.05) is 18.9 Å². The first-order valence-corrected chi connectivity index (χ1v) is 18.4. The van der Waals surface area contributed by atoms with E-state index in [1.807, 2.05) is 6.92 Å². The summed E-state index contributed by atoms with van der Waals surface area (Å²) in [6, 6.07) is -0.0296. The SMILES string of the molecule is CC1NC(=O)NC1CCCCCC(=O)NC/C=C/c1cn(C2CC(O)C(COP(=O)(O)OP(=O)(O)OP(=O)(O)O)O2)c(=O)nc1N. The zero-order valence-electron chi connectivity index (χ0n) is 24.4. The maximum atomic E-state index is 12.5. The summed E-state index contributed by atoms with van der Waals surface area (Å²) in [5.41, 5.74) is 5.27. The van der Waals surface area contributed by atoms with Crippen LogP contribution in [0.15, 0.2) is 17.1 Å². The number of nitrogens with zero attached hydrogens (tertiary/aromatic N) is 2. The number of aliphatic hydroxyl groups is 1. The lowest BCUT2D eigenvalue weighted by Crippen LogP contribution is -2.30. The summed E-state index contributed by atoms with van der Waals surface area (Å²) in [6.07, 6.45) is 3.75. The van der Waals surface area contributed by atoms with Gasteiger partial charge < -0.3 is 51.1 Å². The number of nitrogens with two attached hydrogens (primary N) is 1. The molecule has 21 nitrogen and oxygen atoms in total. The minimum Gasteiger partial charge on any atom is -0.390 e. The molecular weight excluding hydrogens is 681 g/mol. The molecule has 7 unspecified atom stereocenters. The Morgan fingerprint density at radius 1 is 1.15 bits per heavy atom. The average molecular weight is 718 g/mol. The number of unbranched alkanes of at least 4 members (excludes halogenated alkanes) is 2. The van der Waals surface area contributed by atoms with Crippen LogP contribution in [0.1, 0.15) is 57.2 Å². The van der Waals surface area contributed by atoms with Crippen LogP contribution in [0.5, 0.6) is 0 Å². The molecule has 2 saturated heterocycles. The molecular formula is C22H37N6O15P3. The molecule has 0 saturated carbocycles. The molecule has 10 N–H and O–H groups in total. The zero-order valence-corrected chi connectivity index (χ0v) is 27.1. The Labute approximate surface area is 261 Å². The zero-order chi connectivity index (χ0) is 34.3. The van der Waals surface area contributed by atoms with E-state index in [4.69, 9.17) is 20.3 Å². The minimum absolute atomic E-state index is 0.0654. The number of aromatic nitrogens is 2. The van der Waals surface area contributed by atoms with Gasteiger partial charge in [-0.1, -0.05) is 25.0 Å². The molecule has 0 radical (unpaired) electrons. The van der Waals surface area contributed by atoms with Gasteiger partial charge in [-0.2, -0.15) is 13.6 Å². The third-order valence-electron chi connectivity index (χ3n) is 6.76. The van der Waals surface area contributed by atoms with E-state index in [2.05, 4.69) is 34.1 Å². The minimum atomic E-state index is -5.73. The predicted octanol–water partition coefficient (Wildman–Crippen LogP) is -0.0330. The lowest BCUT2D eigenvalue weighted by atomic mass is 10.0. The van der Waals surface area contributed by atoms with Gasteiger partial charge in [0, 0.05) is 37.2 Å². The number of urea groups is 1. The normalized spacial score (nSPS) is 26.0. The maximum Gasteiger partial charge on any atom is 0.490 e. The van der Waals surface area contributed by atoms with Crippen molar-refractivity contribution in [2.24, 2.45) is 0 Å². The number of amides is 3. The van der Waals surface area contributed by atoms with Gasteiger partial charge in [0.15, 0.2) is 0 Å². The molecule has 2 aliphatic heterocycles. The van der Waals surface area contributed by atoms with Crippen LogP contribution in [0.3, 0.4) is 0 Å². The van der Waals surface area contributed by atoms with Gasteiger partial charge >= 0.3 is 35.2 Å². The highest BCUT2D eigenvalue weighted by Crippen LogP contribution is 2.66. The predicted molar refractivity (Wildman–Crippen MR) is 157 cm³/mol.